The number of hydrogen-bond acceptors (Lipinski definition) is 2. The first-order valence-electron chi connectivity index (χ1n) is 7.48. The minimum atomic E-state index is 0.273. The van der Waals surface area contributed by atoms with Crippen LogP contribution in [0.1, 0.15) is 31.2 Å². The van der Waals surface area contributed by atoms with Crippen molar-refractivity contribution in [2.45, 2.75) is 38.3 Å². The molecule has 0 bridgehead atoms. The first kappa shape index (κ1) is 13.9. The Morgan fingerprint density at radius 3 is 2.55 bits per heavy atom. The molecule has 20 heavy (non-hydrogen) atoms. The molecule has 1 aliphatic heterocycles. The minimum absolute atomic E-state index is 0.273. The highest BCUT2D eigenvalue weighted by atomic mass is 35.5. The van der Waals surface area contributed by atoms with E-state index in [1.54, 1.807) is 0 Å². The van der Waals surface area contributed by atoms with Crippen molar-refractivity contribution < 1.29 is 4.79 Å². The van der Waals surface area contributed by atoms with Gasteiger partial charge < -0.3 is 5.32 Å². The number of halogens is 1. The summed E-state index contributed by atoms with van der Waals surface area (Å²) < 4.78 is 0. The Labute approximate surface area is 125 Å². The van der Waals surface area contributed by atoms with Crippen LogP contribution in [0.5, 0.6) is 0 Å². The van der Waals surface area contributed by atoms with E-state index in [1.165, 1.54) is 5.56 Å². The van der Waals surface area contributed by atoms with Gasteiger partial charge in [-0.25, -0.2) is 0 Å². The molecule has 0 aromatic heterocycles. The summed E-state index contributed by atoms with van der Waals surface area (Å²) in [6.45, 7) is 2.96. The molecule has 1 heterocycles. The van der Waals surface area contributed by atoms with Crippen LogP contribution in [-0.2, 0) is 11.3 Å². The summed E-state index contributed by atoms with van der Waals surface area (Å²) in [5.74, 6) is 0.589. The van der Waals surface area contributed by atoms with Gasteiger partial charge in [0.25, 0.3) is 0 Å². The normalized spacial score (nSPS) is 20.9. The first-order valence-corrected chi connectivity index (χ1v) is 7.86. The molecule has 1 saturated heterocycles. The Balaban J connectivity index is 1.46. The largest absolute Gasteiger partial charge is 0.353 e. The monoisotopic (exact) mass is 292 g/mol. The van der Waals surface area contributed by atoms with Gasteiger partial charge in [0.2, 0.25) is 5.91 Å². The third-order valence-corrected chi connectivity index (χ3v) is 4.60. The van der Waals surface area contributed by atoms with Gasteiger partial charge in [-0.1, -0.05) is 29.8 Å². The van der Waals surface area contributed by atoms with Gasteiger partial charge in [0.05, 0.1) is 0 Å². The number of carbonyl (C=O) groups excluding carboxylic acids is 1. The van der Waals surface area contributed by atoms with Crippen LogP contribution in [0.2, 0.25) is 5.02 Å². The summed E-state index contributed by atoms with van der Waals surface area (Å²) in [4.78, 5) is 14.2. The van der Waals surface area contributed by atoms with Crippen molar-refractivity contribution in [3.05, 3.63) is 34.9 Å². The number of rotatable bonds is 4. The van der Waals surface area contributed by atoms with E-state index >= 15 is 0 Å². The zero-order chi connectivity index (χ0) is 13.9. The van der Waals surface area contributed by atoms with Crippen LogP contribution >= 0.6 is 11.6 Å². The van der Waals surface area contributed by atoms with E-state index in [2.05, 4.69) is 16.3 Å². The van der Waals surface area contributed by atoms with Gasteiger partial charge in [0.1, 0.15) is 0 Å². The van der Waals surface area contributed by atoms with Crippen molar-refractivity contribution in [1.29, 1.82) is 0 Å². The predicted molar refractivity (Wildman–Crippen MR) is 80.6 cm³/mol. The number of amides is 1. The number of likely N-dealkylation sites (tertiary alicyclic amines) is 1. The number of nitrogens with zero attached hydrogens (tertiary/aromatic N) is 1. The molecule has 0 atom stereocenters. The van der Waals surface area contributed by atoms with Gasteiger partial charge in [-0.3, -0.25) is 9.69 Å². The number of piperidine rings is 1. The maximum Gasteiger partial charge on any atom is 0.223 e. The van der Waals surface area contributed by atoms with Gasteiger partial charge in [0.15, 0.2) is 0 Å². The standard InChI is InChI=1S/C16H21ClN2O/c17-15-4-2-1-3-13(15)11-19-9-7-14(8-10-19)18-16(20)12-5-6-12/h1-4,12,14H,5-11H2,(H,18,20). The van der Waals surface area contributed by atoms with Crippen molar-refractivity contribution >= 4 is 17.5 Å². The number of carbonyl (C=O) groups is 1. The van der Waals surface area contributed by atoms with Crippen LogP contribution < -0.4 is 5.32 Å². The van der Waals surface area contributed by atoms with E-state index in [4.69, 9.17) is 11.6 Å². The van der Waals surface area contributed by atoms with E-state index in [0.717, 1.165) is 50.3 Å². The predicted octanol–water partition coefficient (Wildman–Crippen LogP) is 2.83. The lowest BCUT2D eigenvalue weighted by Crippen LogP contribution is -2.44. The quantitative estimate of drug-likeness (QED) is 0.925. The molecule has 0 unspecified atom stereocenters. The fourth-order valence-corrected chi connectivity index (χ4v) is 2.96. The zero-order valence-electron chi connectivity index (χ0n) is 11.6. The van der Waals surface area contributed by atoms with Crippen molar-refractivity contribution in [2.24, 2.45) is 5.92 Å². The van der Waals surface area contributed by atoms with Crippen molar-refractivity contribution in [3.8, 4) is 0 Å². The molecular weight excluding hydrogens is 272 g/mol. The average molecular weight is 293 g/mol. The van der Waals surface area contributed by atoms with Crippen LogP contribution in [0, 0.1) is 5.92 Å². The second-order valence-electron chi connectivity index (χ2n) is 5.92. The molecule has 1 aromatic rings. The molecule has 1 aliphatic carbocycles. The van der Waals surface area contributed by atoms with Crippen LogP contribution in [0.3, 0.4) is 0 Å². The molecule has 3 nitrogen and oxygen atoms in total. The van der Waals surface area contributed by atoms with Crippen LogP contribution in [0.4, 0.5) is 0 Å². The maximum absolute atomic E-state index is 11.7. The van der Waals surface area contributed by atoms with Gasteiger partial charge in [0, 0.05) is 36.6 Å². The number of nitrogens with one attached hydrogen (secondary N) is 1. The summed E-state index contributed by atoms with van der Waals surface area (Å²) >= 11 is 6.20. The molecule has 108 valence electrons. The van der Waals surface area contributed by atoms with Gasteiger partial charge in [-0.05, 0) is 37.3 Å². The highest BCUT2D eigenvalue weighted by molar-refractivity contribution is 6.31. The summed E-state index contributed by atoms with van der Waals surface area (Å²) in [6.07, 6.45) is 4.25. The van der Waals surface area contributed by atoms with Crippen LogP contribution in [0.25, 0.3) is 0 Å². The minimum Gasteiger partial charge on any atom is -0.353 e. The summed E-state index contributed by atoms with van der Waals surface area (Å²) in [7, 11) is 0. The molecule has 1 aromatic carbocycles. The Morgan fingerprint density at radius 2 is 1.90 bits per heavy atom. The zero-order valence-corrected chi connectivity index (χ0v) is 12.4. The second kappa shape index (κ2) is 6.15. The molecule has 1 amide bonds. The second-order valence-corrected chi connectivity index (χ2v) is 6.33. The van der Waals surface area contributed by atoms with E-state index in [1.807, 2.05) is 18.2 Å². The molecule has 2 fully saturated rings. The van der Waals surface area contributed by atoms with Crippen molar-refractivity contribution in [1.82, 2.24) is 10.2 Å². The number of benzene rings is 1. The van der Waals surface area contributed by atoms with E-state index in [-0.39, 0.29) is 5.91 Å². The molecule has 0 radical (unpaired) electrons. The molecule has 0 spiro atoms. The Morgan fingerprint density at radius 1 is 1.20 bits per heavy atom. The van der Waals surface area contributed by atoms with Crippen LogP contribution in [0.15, 0.2) is 24.3 Å². The fourth-order valence-electron chi connectivity index (χ4n) is 2.77. The van der Waals surface area contributed by atoms with Gasteiger partial charge in [-0.2, -0.15) is 0 Å². The fraction of sp³-hybridized carbons (Fsp3) is 0.562. The maximum atomic E-state index is 11.7. The van der Waals surface area contributed by atoms with E-state index in [9.17, 15) is 4.79 Å². The molecule has 1 N–H and O–H groups in total. The smallest absolute Gasteiger partial charge is 0.223 e. The lowest BCUT2D eigenvalue weighted by atomic mass is 10.0. The molecule has 2 aliphatic rings. The molecular formula is C16H21ClN2O. The highest BCUT2D eigenvalue weighted by Crippen LogP contribution is 2.29. The highest BCUT2D eigenvalue weighted by Gasteiger charge is 2.31. The Hall–Kier alpha value is -1.06. The number of hydrogen-bond donors (Lipinski definition) is 1. The summed E-state index contributed by atoms with van der Waals surface area (Å²) in [5, 5.41) is 4.03. The lowest BCUT2D eigenvalue weighted by molar-refractivity contribution is -0.123. The van der Waals surface area contributed by atoms with Crippen LogP contribution in [-0.4, -0.2) is 29.9 Å². The van der Waals surface area contributed by atoms with Crippen molar-refractivity contribution in [3.63, 3.8) is 0 Å². The van der Waals surface area contributed by atoms with E-state index < -0.39 is 0 Å². The topological polar surface area (TPSA) is 32.3 Å². The molecule has 3 rings (SSSR count). The SMILES string of the molecule is O=C(NC1CCN(Cc2ccccc2Cl)CC1)C1CC1. The third-order valence-electron chi connectivity index (χ3n) is 4.23. The van der Waals surface area contributed by atoms with Gasteiger partial charge in [-0.15, -0.1) is 0 Å². The Kier molecular flexibility index (Phi) is 4.27. The van der Waals surface area contributed by atoms with Crippen molar-refractivity contribution in [2.75, 3.05) is 13.1 Å². The summed E-state index contributed by atoms with van der Waals surface area (Å²) in [6, 6.07) is 8.39. The first-order chi connectivity index (χ1) is 9.72. The van der Waals surface area contributed by atoms with Gasteiger partial charge >= 0.3 is 0 Å². The molecule has 4 heteroatoms. The molecule has 1 saturated carbocycles. The Bertz CT molecular complexity index is 479. The summed E-state index contributed by atoms with van der Waals surface area (Å²) in [5.41, 5.74) is 1.19. The average Bonchev–Trinajstić information content (AvgIpc) is 3.28. The third kappa shape index (κ3) is 3.53. The lowest BCUT2D eigenvalue weighted by Gasteiger charge is -2.32. The van der Waals surface area contributed by atoms with E-state index in [0.29, 0.717) is 12.0 Å².